The van der Waals surface area contributed by atoms with Gasteiger partial charge in [-0.3, -0.25) is 4.79 Å². The van der Waals surface area contributed by atoms with Gasteiger partial charge >= 0.3 is 0 Å². The maximum Gasteiger partial charge on any atom is 0.261 e. The lowest BCUT2D eigenvalue weighted by Gasteiger charge is -2.26. The lowest BCUT2D eigenvalue weighted by atomic mass is 10.0. The van der Waals surface area contributed by atoms with Crippen LogP contribution in [0.25, 0.3) is 0 Å². The molecule has 1 rings (SSSR count). The smallest absolute Gasteiger partial charge is 0.261 e. The lowest BCUT2D eigenvalue weighted by molar-refractivity contribution is -0.128. The quantitative estimate of drug-likeness (QED) is 0.805. The van der Waals surface area contributed by atoms with Crippen LogP contribution in [-0.2, 0) is 11.3 Å². The van der Waals surface area contributed by atoms with E-state index in [1.807, 2.05) is 52.1 Å². The second-order valence-electron chi connectivity index (χ2n) is 5.66. The van der Waals surface area contributed by atoms with Crippen LogP contribution in [0.1, 0.15) is 39.7 Å². The van der Waals surface area contributed by atoms with Crippen molar-refractivity contribution in [1.82, 2.24) is 10.6 Å². The van der Waals surface area contributed by atoms with Crippen LogP contribution in [0.15, 0.2) is 24.3 Å². The second-order valence-corrected chi connectivity index (χ2v) is 5.66. The van der Waals surface area contributed by atoms with Crippen LogP contribution in [0.2, 0.25) is 0 Å². The Morgan fingerprint density at radius 2 is 1.90 bits per heavy atom. The number of carbonyl (C=O) groups is 1. The third-order valence-corrected chi connectivity index (χ3v) is 3.33. The summed E-state index contributed by atoms with van der Waals surface area (Å²) in [5.41, 5.74) is 0.981. The van der Waals surface area contributed by atoms with Crippen molar-refractivity contribution in [3.63, 3.8) is 0 Å². The van der Waals surface area contributed by atoms with E-state index >= 15 is 0 Å². The Hall–Kier alpha value is -1.55. The van der Waals surface area contributed by atoms with Crippen molar-refractivity contribution in [1.29, 1.82) is 0 Å². The molecular formula is C16H26N2O2. The highest BCUT2D eigenvalue weighted by Gasteiger charge is 2.22. The fourth-order valence-corrected chi connectivity index (χ4v) is 1.67. The van der Waals surface area contributed by atoms with E-state index in [1.165, 1.54) is 5.56 Å². The van der Waals surface area contributed by atoms with Crippen LogP contribution >= 0.6 is 0 Å². The molecule has 1 amide bonds. The number of hydrogen-bond donors (Lipinski definition) is 2. The van der Waals surface area contributed by atoms with E-state index in [-0.39, 0.29) is 11.4 Å². The molecule has 0 aliphatic carbocycles. The van der Waals surface area contributed by atoms with Gasteiger partial charge in [0.15, 0.2) is 6.10 Å². The predicted octanol–water partition coefficient (Wildman–Crippen LogP) is 2.48. The van der Waals surface area contributed by atoms with Gasteiger partial charge in [0, 0.05) is 12.1 Å². The summed E-state index contributed by atoms with van der Waals surface area (Å²) in [4.78, 5) is 12.0. The Balaban J connectivity index is 2.57. The molecule has 20 heavy (non-hydrogen) atoms. The van der Waals surface area contributed by atoms with Gasteiger partial charge in [0.25, 0.3) is 5.91 Å². The van der Waals surface area contributed by atoms with E-state index in [9.17, 15) is 4.79 Å². The topological polar surface area (TPSA) is 50.4 Å². The monoisotopic (exact) mass is 278 g/mol. The van der Waals surface area contributed by atoms with Crippen LogP contribution in [0.4, 0.5) is 0 Å². The molecular weight excluding hydrogens is 252 g/mol. The lowest BCUT2D eigenvalue weighted by Crippen LogP contribution is -2.48. The number of carbonyl (C=O) groups excluding carboxylic acids is 1. The molecule has 2 N–H and O–H groups in total. The number of rotatable bonds is 7. The minimum atomic E-state index is -0.504. The molecule has 0 saturated heterocycles. The third kappa shape index (κ3) is 5.21. The van der Waals surface area contributed by atoms with Crippen molar-refractivity contribution in [2.45, 2.75) is 52.3 Å². The highest BCUT2D eigenvalue weighted by molar-refractivity contribution is 5.81. The molecule has 112 valence electrons. The molecule has 0 aliphatic rings. The predicted molar refractivity (Wildman–Crippen MR) is 81.8 cm³/mol. The van der Waals surface area contributed by atoms with Gasteiger partial charge in [-0.2, -0.15) is 0 Å². The molecule has 0 spiro atoms. The molecule has 0 bridgehead atoms. The molecule has 0 saturated carbocycles. The second kappa shape index (κ2) is 7.29. The van der Waals surface area contributed by atoms with E-state index in [4.69, 9.17) is 4.74 Å². The van der Waals surface area contributed by atoms with Gasteiger partial charge in [0.05, 0.1) is 0 Å². The molecule has 0 aliphatic heterocycles. The molecule has 0 aromatic heterocycles. The average molecular weight is 278 g/mol. The highest BCUT2D eigenvalue weighted by atomic mass is 16.5. The van der Waals surface area contributed by atoms with Crippen molar-refractivity contribution in [3.8, 4) is 5.75 Å². The summed E-state index contributed by atoms with van der Waals surface area (Å²) in [6.45, 7) is 8.64. The van der Waals surface area contributed by atoms with Gasteiger partial charge in [0.2, 0.25) is 0 Å². The maximum atomic E-state index is 12.0. The Morgan fingerprint density at radius 1 is 1.30 bits per heavy atom. The van der Waals surface area contributed by atoms with E-state index in [2.05, 4.69) is 10.6 Å². The van der Waals surface area contributed by atoms with Gasteiger partial charge in [-0.25, -0.2) is 0 Å². The van der Waals surface area contributed by atoms with Crippen molar-refractivity contribution in [2.24, 2.45) is 0 Å². The normalized spacial score (nSPS) is 12.8. The van der Waals surface area contributed by atoms with E-state index in [0.29, 0.717) is 5.75 Å². The van der Waals surface area contributed by atoms with Crippen LogP contribution in [0.5, 0.6) is 5.75 Å². The molecule has 0 radical (unpaired) electrons. The first-order valence-corrected chi connectivity index (χ1v) is 7.10. The SMILES string of the molecule is CCC(C)(C)NC(=O)C(C)Oc1ccc(CNC)cc1. The van der Waals surface area contributed by atoms with Crippen molar-refractivity contribution < 1.29 is 9.53 Å². The van der Waals surface area contributed by atoms with Gasteiger partial charge < -0.3 is 15.4 Å². The Bertz CT molecular complexity index is 427. The zero-order valence-electron chi connectivity index (χ0n) is 13.1. The summed E-state index contributed by atoms with van der Waals surface area (Å²) in [5, 5.41) is 6.07. The zero-order chi connectivity index (χ0) is 15.2. The fraction of sp³-hybridized carbons (Fsp3) is 0.562. The standard InChI is InChI=1S/C16H26N2O2/c1-6-16(3,4)18-15(19)12(2)20-14-9-7-13(8-10-14)11-17-5/h7-10,12,17H,6,11H2,1-5H3,(H,18,19). The Labute approximate surface area is 121 Å². The van der Waals surface area contributed by atoms with Gasteiger partial charge in [-0.1, -0.05) is 19.1 Å². The first kappa shape index (κ1) is 16.5. The molecule has 1 atom stereocenters. The molecule has 4 nitrogen and oxygen atoms in total. The van der Waals surface area contributed by atoms with Crippen molar-refractivity contribution in [3.05, 3.63) is 29.8 Å². The van der Waals surface area contributed by atoms with Crippen LogP contribution in [0.3, 0.4) is 0 Å². The van der Waals surface area contributed by atoms with Crippen molar-refractivity contribution in [2.75, 3.05) is 7.05 Å². The average Bonchev–Trinajstić information content (AvgIpc) is 2.41. The molecule has 0 fully saturated rings. The zero-order valence-corrected chi connectivity index (χ0v) is 13.1. The minimum absolute atomic E-state index is 0.0869. The first-order valence-electron chi connectivity index (χ1n) is 7.10. The number of ether oxygens (including phenoxy) is 1. The summed E-state index contributed by atoms with van der Waals surface area (Å²) in [6.07, 6.45) is 0.375. The number of amides is 1. The number of benzene rings is 1. The van der Waals surface area contributed by atoms with Crippen molar-refractivity contribution >= 4 is 5.91 Å². The maximum absolute atomic E-state index is 12.0. The minimum Gasteiger partial charge on any atom is -0.481 e. The van der Waals surface area contributed by atoms with Gasteiger partial charge in [-0.05, 0) is 51.9 Å². The van der Waals surface area contributed by atoms with E-state index < -0.39 is 6.10 Å². The summed E-state index contributed by atoms with van der Waals surface area (Å²) in [7, 11) is 1.91. The van der Waals surface area contributed by atoms with Crippen LogP contribution < -0.4 is 15.4 Å². The largest absolute Gasteiger partial charge is 0.481 e. The highest BCUT2D eigenvalue weighted by Crippen LogP contribution is 2.15. The number of nitrogens with one attached hydrogen (secondary N) is 2. The van der Waals surface area contributed by atoms with Crippen LogP contribution in [-0.4, -0.2) is 24.6 Å². The third-order valence-electron chi connectivity index (χ3n) is 3.33. The molecule has 1 unspecified atom stereocenters. The molecule has 1 aromatic carbocycles. The fourth-order valence-electron chi connectivity index (χ4n) is 1.67. The summed E-state index contributed by atoms with van der Waals surface area (Å²) in [5.74, 6) is 0.623. The summed E-state index contributed by atoms with van der Waals surface area (Å²) in [6, 6.07) is 7.77. The van der Waals surface area contributed by atoms with Crippen LogP contribution in [0, 0.1) is 0 Å². The first-order chi connectivity index (χ1) is 9.38. The Kier molecular flexibility index (Phi) is 6.02. The Morgan fingerprint density at radius 3 is 2.40 bits per heavy atom. The molecule has 1 aromatic rings. The van der Waals surface area contributed by atoms with Gasteiger partial charge in [-0.15, -0.1) is 0 Å². The molecule has 0 heterocycles. The number of hydrogen-bond acceptors (Lipinski definition) is 3. The summed E-state index contributed by atoms with van der Waals surface area (Å²) >= 11 is 0. The van der Waals surface area contributed by atoms with Gasteiger partial charge in [0.1, 0.15) is 5.75 Å². The molecule has 4 heteroatoms. The summed E-state index contributed by atoms with van der Waals surface area (Å²) < 4.78 is 5.67. The van der Waals surface area contributed by atoms with E-state index in [0.717, 1.165) is 13.0 Å². The van der Waals surface area contributed by atoms with E-state index in [1.54, 1.807) is 6.92 Å².